The van der Waals surface area contributed by atoms with Crippen LogP contribution in [0.25, 0.3) is 0 Å². The summed E-state index contributed by atoms with van der Waals surface area (Å²) in [6.07, 6.45) is 2.89. The summed E-state index contributed by atoms with van der Waals surface area (Å²) in [4.78, 5) is 11.0. The Labute approximate surface area is 115 Å². The topological polar surface area (TPSA) is 49.3 Å². The fourth-order valence-electron chi connectivity index (χ4n) is 3.20. The fraction of sp³-hybridized carbons (Fsp3) is 0.562. The van der Waals surface area contributed by atoms with Crippen LogP contribution >= 0.6 is 0 Å². The molecule has 0 amide bonds. The fourth-order valence-corrected chi connectivity index (χ4v) is 3.20. The van der Waals surface area contributed by atoms with Gasteiger partial charge in [-0.2, -0.15) is 0 Å². The van der Waals surface area contributed by atoms with Gasteiger partial charge in [-0.25, -0.2) is 0 Å². The lowest BCUT2D eigenvalue weighted by Gasteiger charge is -2.39. The molecule has 1 aromatic carbocycles. The van der Waals surface area contributed by atoms with Crippen molar-refractivity contribution in [3.8, 4) is 0 Å². The molecular weight excluding hydrogens is 238 g/mol. The molecule has 1 heterocycles. The molecule has 0 unspecified atom stereocenters. The summed E-state index contributed by atoms with van der Waals surface area (Å²) in [5, 5.41) is 12.5. The lowest BCUT2D eigenvalue weighted by atomic mass is 9.73. The standard InChI is InChI=1S/C14H17NO2.C2H6/c16-14(17)12-6-11-5-9-3-1-2-4-10(9)7-13(11)15-8-12;1-2/h1-4,11-13,15H,5-8H2,(H,16,17);1-2H3/t11-,12-,13+;/m1./s1. The van der Waals surface area contributed by atoms with Crippen molar-refractivity contribution in [1.82, 2.24) is 5.32 Å². The van der Waals surface area contributed by atoms with Crippen LogP contribution < -0.4 is 5.32 Å². The van der Waals surface area contributed by atoms with Crippen LogP contribution in [0.1, 0.15) is 31.4 Å². The Kier molecular flexibility index (Phi) is 4.59. The summed E-state index contributed by atoms with van der Waals surface area (Å²) in [6.45, 7) is 4.62. The minimum absolute atomic E-state index is 0.207. The van der Waals surface area contributed by atoms with Crippen LogP contribution in [0.5, 0.6) is 0 Å². The molecular formula is C16H23NO2. The SMILES string of the molecule is CC.O=C(O)[C@H]1CN[C@H]2Cc3ccccc3C[C@@H]2C1. The van der Waals surface area contributed by atoms with E-state index >= 15 is 0 Å². The second-order valence-electron chi connectivity index (χ2n) is 5.22. The van der Waals surface area contributed by atoms with E-state index in [2.05, 4.69) is 29.6 Å². The Hall–Kier alpha value is -1.35. The number of rotatable bonds is 1. The normalized spacial score (nSPS) is 28.4. The zero-order chi connectivity index (χ0) is 13.8. The molecule has 1 aliphatic carbocycles. The maximum absolute atomic E-state index is 11.0. The molecule has 3 heteroatoms. The van der Waals surface area contributed by atoms with Gasteiger partial charge < -0.3 is 10.4 Å². The van der Waals surface area contributed by atoms with Crippen LogP contribution in [0.3, 0.4) is 0 Å². The Morgan fingerprint density at radius 3 is 2.47 bits per heavy atom. The minimum atomic E-state index is -0.658. The first kappa shape index (κ1) is 14.1. The van der Waals surface area contributed by atoms with Crippen molar-refractivity contribution in [1.29, 1.82) is 0 Å². The summed E-state index contributed by atoms with van der Waals surface area (Å²) in [6, 6.07) is 9.00. The molecule has 0 saturated carbocycles. The van der Waals surface area contributed by atoms with E-state index in [1.807, 2.05) is 13.8 Å². The molecule has 0 radical (unpaired) electrons. The number of fused-ring (bicyclic) bond motifs is 2. The van der Waals surface area contributed by atoms with E-state index < -0.39 is 5.97 Å². The first-order chi connectivity index (χ1) is 9.24. The van der Waals surface area contributed by atoms with Gasteiger partial charge in [-0.3, -0.25) is 4.79 Å². The predicted octanol–water partition coefficient (Wildman–Crippen LogP) is 2.49. The Balaban J connectivity index is 0.000000637. The predicted molar refractivity (Wildman–Crippen MR) is 76.2 cm³/mol. The minimum Gasteiger partial charge on any atom is -0.481 e. The second-order valence-corrected chi connectivity index (χ2v) is 5.22. The van der Waals surface area contributed by atoms with Crippen molar-refractivity contribution in [3.05, 3.63) is 35.4 Å². The number of hydrogen-bond donors (Lipinski definition) is 2. The number of hydrogen-bond acceptors (Lipinski definition) is 2. The van der Waals surface area contributed by atoms with E-state index in [4.69, 9.17) is 5.11 Å². The average molecular weight is 261 g/mol. The van der Waals surface area contributed by atoms with Crippen LogP contribution in [0, 0.1) is 11.8 Å². The quantitative estimate of drug-likeness (QED) is 0.816. The third-order valence-electron chi connectivity index (χ3n) is 4.17. The zero-order valence-electron chi connectivity index (χ0n) is 11.7. The number of carboxylic acids is 1. The number of nitrogens with one attached hydrogen (secondary N) is 1. The maximum atomic E-state index is 11.0. The Bertz CT molecular complexity index is 444. The van der Waals surface area contributed by atoms with Crippen LogP contribution in [0.4, 0.5) is 0 Å². The summed E-state index contributed by atoms with van der Waals surface area (Å²) >= 11 is 0. The van der Waals surface area contributed by atoms with Gasteiger partial charge in [-0.15, -0.1) is 0 Å². The van der Waals surface area contributed by atoms with Crippen molar-refractivity contribution >= 4 is 5.97 Å². The lowest BCUT2D eigenvalue weighted by Crippen LogP contribution is -2.50. The average Bonchev–Trinajstić information content (AvgIpc) is 2.46. The smallest absolute Gasteiger partial charge is 0.307 e. The molecule has 1 aliphatic heterocycles. The molecule has 3 atom stereocenters. The molecule has 1 fully saturated rings. The maximum Gasteiger partial charge on any atom is 0.307 e. The van der Waals surface area contributed by atoms with Crippen LogP contribution in [-0.2, 0) is 17.6 Å². The number of carboxylic acid groups (broad SMARTS) is 1. The van der Waals surface area contributed by atoms with Crippen LogP contribution in [0.15, 0.2) is 24.3 Å². The Morgan fingerprint density at radius 1 is 1.21 bits per heavy atom. The van der Waals surface area contributed by atoms with E-state index in [9.17, 15) is 4.79 Å². The van der Waals surface area contributed by atoms with E-state index in [0.717, 1.165) is 19.3 Å². The molecule has 3 rings (SSSR count). The molecule has 1 aromatic rings. The monoisotopic (exact) mass is 261 g/mol. The first-order valence-electron chi connectivity index (χ1n) is 7.27. The van der Waals surface area contributed by atoms with Crippen molar-refractivity contribution < 1.29 is 9.90 Å². The highest BCUT2D eigenvalue weighted by molar-refractivity contribution is 5.70. The number of piperidine rings is 1. The van der Waals surface area contributed by atoms with Gasteiger partial charge >= 0.3 is 5.97 Å². The molecule has 1 saturated heterocycles. The highest BCUT2D eigenvalue weighted by Crippen LogP contribution is 2.32. The third-order valence-corrected chi connectivity index (χ3v) is 4.17. The van der Waals surface area contributed by atoms with Gasteiger partial charge in [0, 0.05) is 12.6 Å². The van der Waals surface area contributed by atoms with Crippen molar-refractivity contribution in [2.24, 2.45) is 11.8 Å². The second kappa shape index (κ2) is 6.20. The van der Waals surface area contributed by atoms with Gasteiger partial charge in [0.05, 0.1) is 5.92 Å². The first-order valence-corrected chi connectivity index (χ1v) is 7.27. The molecule has 0 bridgehead atoms. The highest BCUT2D eigenvalue weighted by atomic mass is 16.4. The third kappa shape index (κ3) is 2.98. The highest BCUT2D eigenvalue weighted by Gasteiger charge is 2.36. The summed E-state index contributed by atoms with van der Waals surface area (Å²) in [5.74, 6) is -0.379. The van der Waals surface area contributed by atoms with Gasteiger partial charge in [-0.1, -0.05) is 38.1 Å². The van der Waals surface area contributed by atoms with E-state index in [1.54, 1.807) is 0 Å². The van der Waals surface area contributed by atoms with Gasteiger partial charge in [0.2, 0.25) is 0 Å². The lowest BCUT2D eigenvalue weighted by molar-refractivity contribution is -0.143. The van der Waals surface area contributed by atoms with E-state index in [1.165, 1.54) is 11.1 Å². The van der Waals surface area contributed by atoms with Gasteiger partial charge in [0.25, 0.3) is 0 Å². The van der Waals surface area contributed by atoms with Crippen molar-refractivity contribution in [3.63, 3.8) is 0 Å². The number of carbonyl (C=O) groups is 1. The molecule has 3 nitrogen and oxygen atoms in total. The zero-order valence-corrected chi connectivity index (χ0v) is 11.7. The molecule has 104 valence electrons. The molecule has 19 heavy (non-hydrogen) atoms. The summed E-state index contributed by atoms with van der Waals surface area (Å²) < 4.78 is 0. The van der Waals surface area contributed by atoms with Gasteiger partial charge in [0.1, 0.15) is 0 Å². The van der Waals surface area contributed by atoms with Crippen LogP contribution in [-0.4, -0.2) is 23.7 Å². The molecule has 0 aromatic heterocycles. The van der Waals surface area contributed by atoms with Gasteiger partial charge in [0.15, 0.2) is 0 Å². The number of benzene rings is 1. The number of aliphatic carboxylic acids is 1. The molecule has 2 aliphatic rings. The largest absolute Gasteiger partial charge is 0.481 e. The summed E-state index contributed by atoms with van der Waals surface area (Å²) in [5.41, 5.74) is 2.83. The Morgan fingerprint density at radius 2 is 1.84 bits per heavy atom. The molecule has 2 N–H and O–H groups in total. The molecule has 0 spiro atoms. The summed E-state index contributed by atoms with van der Waals surface area (Å²) in [7, 11) is 0. The van der Waals surface area contributed by atoms with Gasteiger partial charge in [-0.05, 0) is 36.3 Å². The van der Waals surface area contributed by atoms with Crippen LogP contribution in [0.2, 0.25) is 0 Å². The van der Waals surface area contributed by atoms with E-state index in [-0.39, 0.29) is 5.92 Å². The van der Waals surface area contributed by atoms with E-state index in [0.29, 0.717) is 18.5 Å². The van der Waals surface area contributed by atoms with Crippen molar-refractivity contribution in [2.45, 2.75) is 39.2 Å². The van der Waals surface area contributed by atoms with Crippen molar-refractivity contribution in [2.75, 3.05) is 6.54 Å².